The Morgan fingerprint density at radius 2 is 2.07 bits per heavy atom. The second-order valence-electron chi connectivity index (χ2n) is 3.00. The Morgan fingerprint density at radius 1 is 1.43 bits per heavy atom. The zero-order valence-electron chi connectivity index (χ0n) is 7.95. The van der Waals surface area contributed by atoms with Gasteiger partial charge in [0, 0.05) is 16.2 Å². The summed E-state index contributed by atoms with van der Waals surface area (Å²) in [4.78, 5) is 0. The molecule has 5 heteroatoms. The van der Waals surface area contributed by atoms with Gasteiger partial charge in [-0.25, -0.2) is 8.42 Å². The zero-order valence-corrected chi connectivity index (χ0v) is 9.52. The molecule has 78 valence electrons. The third-order valence-electron chi connectivity index (χ3n) is 1.76. The Bertz CT molecular complexity index is 426. The van der Waals surface area contributed by atoms with E-state index in [-0.39, 0.29) is 5.75 Å². The molecule has 3 nitrogen and oxygen atoms in total. The Balaban J connectivity index is 3.11. The van der Waals surface area contributed by atoms with Crippen molar-refractivity contribution >= 4 is 19.7 Å². The van der Waals surface area contributed by atoms with Gasteiger partial charge < -0.3 is 4.74 Å². The summed E-state index contributed by atoms with van der Waals surface area (Å²) in [5, 5.41) is 0. The summed E-state index contributed by atoms with van der Waals surface area (Å²) in [5.74, 6) is 0.333. The highest BCUT2D eigenvalue weighted by Crippen LogP contribution is 2.22. The van der Waals surface area contributed by atoms with Gasteiger partial charge in [0.1, 0.15) is 5.75 Å². The fourth-order valence-corrected chi connectivity index (χ4v) is 2.16. The summed E-state index contributed by atoms with van der Waals surface area (Å²) in [6.07, 6.45) is 0. The number of halogens is 1. The van der Waals surface area contributed by atoms with Crippen LogP contribution in [0.1, 0.15) is 11.1 Å². The van der Waals surface area contributed by atoms with Crippen LogP contribution >= 0.6 is 10.7 Å². The summed E-state index contributed by atoms with van der Waals surface area (Å²) in [5.41, 5.74) is 1.56. The van der Waals surface area contributed by atoms with Gasteiger partial charge in [0.05, 0.1) is 12.9 Å². The minimum atomic E-state index is -3.53. The summed E-state index contributed by atoms with van der Waals surface area (Å²) in [6, 6.07) is 5.33. The number of rotatable bonds is 3. The van der Waals surface area contributed by atoms with E-state index in [9.17, 15) is 8.42 Å². The van der Waals surface area contributed by atoms with Crippen LogP contribution in [-0.4, -0.2) is 15.5 Å². The van der Waals surface area contributed by atoms with Crippen LogP contribution in [0.3, 0.4) is 0 Å². The van der Waals surface area contributed by atoms with Crippen LogP contribution in [0.2, 0.25) is 0 Å². The Kier molecular flexibility index (Phi) is 3.39. The number of ether oxygens (including phenoxy) is 1. The van der Waals surface area contributed by atoms with Crippen molar-refractivity contribution in [3.8, 4) is 5.75 Å². The molecule has 0 aromatic heterocycles. The highest BCUT2D eigenvalue weighted by molar-refractivity contribution is 8.13. The minimum Gasteiger partial charge on any atom is -0.496 e. The zero-order chi connectivity index (χ0) is 10.8. The average molecular weight is 235 g/mol. The van der Waals surface area contributed by atoms with Gasteiger partial charge >= 0.3 is 0 Å². The van der Waals surface area contributed by atoms with Crippen LogP contribution in [0, 0.1) is 6.92 Å². The van der Waals surface area contributed by atoms with Crippen molar-refractivity contribution in [2.45, 2.75) is 12.7 Å². The fourth-order valence-electron chi connectivity index (χ4n) is 1.21. The second-order valence-corrected chi connectivity index (χ2v) is 5.78. The van der Waals surface area contributed by atoms with E-state index in [0.717, 1.165) is 5.56 Å². The van der Waals surface area contributed by atoms with Gasteiger partial charge in [-0.2, -0.15) is 0 Å². The first-order valence-electron chi connectivity index (χ1n) is 3.98. The first-order chi connectivity index (χ1) is 6.42. The first kappa shape index (κ1) is 11.3. The van der Waals surface area contributed by atoms with Gasteiger partial charge in [-0.3, -0.25) is 0 Å². The largest absolute Gasteiger partial charge is 0.496 e. The molecule has 0 N–H and O–H groups in total. The molecular weight excluding hydrogens is 224 g/mol. The summed E-state index contributed by atoms with van der Waals surface area (Å²) in [7, 11) is 3.13. The smallest absolute Gasteiger partial charge is 0.236 e. The maximum atomic E-state index is 10.9. The van der Waals surface area contributed by atoms with Gasteiger partial charge in [-0.05, 0) is 13.0 Å². The molecule has 0 aliphatic heterocycles. The molecule has 0 saturated carbocycles. The van der Waals surface area contributed by atoms with E-state index in [4.69, 9.17) is 15.4 Å². The SMILES string of the molecule is COc1ccc(C)cc1CS(=O)(=O)Cl. The lowest BCUT2D eigenvalue weighted by atomic mass is 10.1. The molecule has 1 aromatic carbocycles. The first-order valence-corrected chi connectivity index (χ1v) is 6.46. The van der Waals surface area contributed by atoms with Crippen LogP contribution in [0.15, 0.2) is 18.2 Å². The highest BCUT2D eigenvalue weighted by Gasteiger charge is 2.11. The van der Waals surface area contributed by atoms with Crippen LogP contribution < -0.4 is 4.74 Å². The Hall–Kier alpha value is -0.740. The third-order valence-corrected chi connectivity index (χ3v) is 2.75. The molecule has 0 heterocycles. The van der Waals surface area contributed by atoms with E-state index in [1.807, 2.05) is 13.0 Å². The van der Waals surface area contributed by atoms with E-state index in [1.54, 1.807) is 12.1 Å². The summed E-state index contributed by atoms with van der Waals surface area (Å²) in [6.45, 7) is 1.88. The van der Waals surface area contributed by atoms with Crippen molar-refractivity contribution in [1.82, 2.24) is 0 Å². The number of hydrogen-bond donors (Lipinski definition) is 0. The van der Waals surface area contributed by atoms with Gasteiger partial charge in [0.2, 0.25) is 9.05 Å². The van der Waals surface area contributed by atoms with Crippen molar-refractivity contribution < 1.29 is 13.2 Å². The normalized spacial score (nSPS) is 11.4. The predicted molar refractivity (Wildman–Crippen MR) is 56.2 cm³/mol. The maximum Gasteiger partial charge on any atom is 0.236 e. The van der Waals surface area contributed by atoms with Crippen LogP contribution in [-0.2, 0) is 14.8 Å². The lowest BCUT2D eigenvalue weighted by Gasteiger charge is -2.07. The van der Waals surface area contributed by atoms with Gasteiger partial charge in [-0.1, -0.05) is 17.7 Å². The molecule has 0 fully saturated rings. The molecule has 1 rings (SSSR count). The monoisotopic (exact) mass is 234 g/mol. The van der Waals surface area contributed by atoms with Crippen LogP contribution in [0.25, 0.3) is 0 Å². The number of benzene rings is 1. The van der Waals surface area contributed by atoms with E-state index < -0.39 is 9.05 Å². The maximum absolute atomic E-state index is 10.9. The molecule has 0 unspecified atom stereocenters. The lowest BCUT2D eigenvalue weighted by Crippen LogP contribution is -1.98. The Morgan fingerprint density at radius 3 is 2.57 bits per heavy atom. The number of methoxy groups -OCH3 is 1. The number of hydrogen-bond acceptors (Lipinski definition) is 3. The molecule has 0 bridgehead atoms. The molecular formula is C9H11ClO3S. The summed E-state index contributed by atoms with van der Waals surface area (Å²) < 4.78 is 26.8. The van der Waals surface area contributed by atoms with Crippen LogP contribution in [0.4, 0.5) is 0 Å². The molecule has 0 atom stereocenters. The van der Waals surface area contributed by atoms with E-state index in [0.29, 0.717) is 11.3 Å². The quantitative estimate of drug-likeness (QED) is 0.752. The van der Waals surface area contributed by atoms with Crippen molar-refractivity contribution in [2.75, 3.05) is 7.11 Å². The molecule has 0 aliphatic rings. The third kappa shape index (κ3) is 3.20. The van der Waals surface area contributed by atoms with E-state index in [2.05, 4.69) is 0 Å². The van der Waals surface area contributed by atoms with Crippen LogP contribution in [0.5, 0.6) is 5.75 Å². The van der Waals surface area contributed by atoms with Crippen molar-refractivity contribution in [3.05, 3.63) is 29.3 Å². The highest BCUT2D eigenvalue weighted by atomic mass is 35.7. The molecule has 14 heavy (non-hydrogen) atoms. The van der Waals surface area contributed by atoms with Crippen molar-refractivity contribution in [2.24, 2.45) is 0 Å². The molecule has 1 aromatic rings. The lowest BCUT2D eigenvalue weighted by molar-refractivity contribution is 0.411. The van der Waals surface area contributed by atoms with Gasteiger partial charge in [0.25, 0.3) is 0 Å². The topological polar surface area (TPSA) is 43.4 Å². The molecule has 0 saturated heterocycles. The average Bonchev–Trinajstić information content (AvgIpc) is 2.01. The van der Waals surface area contributed by atoms with E-state index in [1.165, 1.54) is 7.11 Å². The molecule has 0 radical (unpaired) electrons. The standard InChI is InChI=1S/C9H11ClO3S/c1-7-3-4-9(13-2)8(5-7)6-14(10,11)12/h3-5H,6H2,1-2H3. The second kappa shape index (κ2) is 4.19. The van der Waals surface area contributed by atoms with Crippen molar-refractivity contribution in [3.63, 3.8) is 0 Å². The van der Waals surface area contributed by atoms with Gasteiger partial charge in [0.15, 0.2) is 0 Å². The molecule has 0 aliphatic carbocycles. The Labute approximate surface area is 88.1 Å². The van der Waals surface area contributed by atoms with E-state index >= 15 is 0 Å². The van der Waals surface area contributed by atoms with Crippen molar-refractivity contribution in [1.29, 1.82) is 0 Å². The summed E-state index contributed by atoms with van der Waals surface area (Å²) >= 11 is 0. The fraction of sp³-hybridized carbons (Fsp3) is 0.333. The molecule has 0 spiro atoms. The minimum absolute atomic E-state index is 0.209. The number of aryl methyl sites for hydroxylation is 1. The van der Waals surface area contributed by atoms with Gasteiger partial charge in [-0.15, -0.1) is 0 Å². The predicted octanol–water partition coefficient (Wildman–Crippen LogP) is 2.07. The molecule has 0 amide bonds.